The van der Waals surface area contributed by atoms with Crippen LogP contribution < -0.4 is 10.9 Å². The molecule has 0 fully saturated rings. The van der Waals surface area contributed by atoms with Crippen LogP contribution in [0.5, 0.6) is 0 Å². The lowest BCUT2D eigenvalue weighted by molar-refractivity contribution is -0.116. The van der Waals surface area contributed by atoms with Crippen LogP contribution in [0.3, 0.4) is 0 Å². The molecule has 2 rings (SSSR count). The molecule has 0 bridgehead atoms. The van der Waals surface area contributed by atoms with Gasteiger partial charge in [0.1, 0.15) is 12.4 Å². The number of amides is 1. The fourth-order valence-electron chi connectivity index (χ4n) is 2.31. The highest BCUT2D eigenvalue weighted by Crippen LogP contribution is 2.12. The zero-order chi connectivity index (χ0) is 18.6. The third-order valence-corrected chi connectivity index (χ3v) is 3.35. The molecule has 25 heavy (non-hydrogen) atoms. The van der Waals surface area contributed by atoms with Crippen molar-refractivity contribution < 1.29 is 14.3 Å². The van der Waals surface area contributed by atoms with E-state index in [-0.39, 0.29) is 24.1 Å². The number of nitrogens with zero attached hydrogens (tertiary/aromatic N) is 2. The summed E-state index contributed by atoms with van der Waals surface area (Å²) in [6.45, 7) is 6.77. The number of anilines is 1. The Labute approximate surface area is 145 Å². The van der Waals surface area contributed by atoms with E-state index >= 15 is 0 Å². The van der Waals surface area contributed by atoms with Crippen LogP contribution in [0.15, 0.2) is 35.1 Å². The molecule has 0 radical (unpaired) electrons. The van der Waals surface area contributed by atoms with Gasteiger partial charge in [-0.2, -0.15) is 0 Å². The second-order valence-corrected chi connectivity index (χ2v) is 5.95. The van der Waals surface area contributed by atoms with Crippen molar-refractivity contribution >= 4 is 17.6 Å². The lowest BCUT2D eigenvalue weighted by Crippen LogP contribution is -2.30. The molecule has 132 valence electrons. The minimum Gasteiger partial charge on any atom is -0.459 e. The Morgan fingerprint density at radius 3 is 2.60 bits per heavy atom. The van der Waals surface area contributed by atoms with Gasteiger partial charge in [0.15, 0.2) is 0 Å². The zero-order valence-corrected chi connectivity index (χ0v) is 14.7. The van der Waals surface area contributed by atoms with Gasteiger partial charge in [0.25, 0.3) is 5.56 Å². The summed E-state index contributed by atoms with van der Waals surface area (Å²) in [5, 5.41) is 2.67. The van der Waals surface area contributed by atoms with Gasteiger partial charge in [-0.05, 0) is 45.9 Å². The summed E-state index contributed by atoms with van der Waals surface area (Å²) in [7, 11) is 0. The molecule has 1 N–H and O–H groups in total. The van der Waals surface area contributed by atoms with Crippen molar-refractivity contribution in [1.29, 1.82) is 0 Å². The van der Waals surface area contributed by atoms with E-state index in [4.69, 9.17) is 4.74 Å². The molecule has 0 spiro atoms. The lowest BCUT2D eigenvalue weighted by Gasteiger charge is -2.11. The molecule has 7 heteroatoms. The highest BCUT2D eigenvalue weighted by Gasteiger charge is 2.12. The maximum atomic E-state index is 12.2. The van der Waals surface area contributed by atoms with E-state index in [9.17, 15) is 14.4 Å². The standard InChI is InChI=1S/C18H21N3O4/c1-11(2)25-18(24)14-6-5-7-15(9-14)20-16(22)10-21-13(4)19-12(3)8-17(21)23/h5-9,11H,10H2,1-4H3,(H,20,22). The number of aryl methyl sites for hydroxylation is 2. The number of hydrogen-bond donors (Lipinski definition) is 1. The molecule has 1 aromatic heterocycles. The fourth-order valence-corrected chi connectivity index (χ4v) is 2.31. The minimum atomic E-state index is -0.458. The Balaban J connectivity index is 2.11. The first-order valence-electron chi connectivity index (χ1n) is 7.92. The summed E-state index contributed by atoms with van der Waals surface area (Å²) in [5.41, 5.74) is 1.12. The van der Waals surface area contributed by atoms with Crippen molar-refractivity contribution in [2.24, 2.45) is 0 Å². The number of hydrogen-bond acceptors (Lipinski definition) is 5. The fraction of sp³-hybridized carbons (Fsp3) is 0.333. The molecule has 1 heterocycles. The number of ether oxygens (including phenoxy) is 1. The van der Waals surface area contributed by atoms with E-state index < -0.39 is 5.97 Å². The zero-order valence-electron chi connectivity index (χ0n) is 14.7. The Morgan fingerprint density at radius 2 is 1.96 bits per heavy atom. The van der Waals surface area contributed by atoms with Gasteiger partial charge >= 0.3 is 5.97 Å². The maximum absolute atomic E-state index is 12.2. The SMILES string of the molecule is Cc1cc(=O)n(CC(=O)Nc2cccc(C(=O)OC(C)C)c2)c(C)n1. The van der Waals surface area contributed by atoms with Crippen LogP contribution in [-0.4, -0.2) is 27.5 Å². The van der Waals surface area contributed by atoms with E-state index in [1.165, 1.54) is 16.7 Å². The van der Waals surface area contributed by atoms with Gasteiger partial charge in [-0.25, -0.2) is 9.78 Å². The number of rotatable bonds is 5. The summed E-state index contributed by atoms with van der Waals surface area (Å²) in [5.74, 6) is -0.375. The predicted octanol–water partition coefficient (Wildman–Crippen LogP) is 2.06. The first-order chi connectivity index (χ1) is 11.8. The lowest BCUT2D eigenvalue weighted by atomic mass is 10.2. The number of carbonyl (C=O) groups excluding carboxylic acids is 2. The van der Waals surface area contributed by atoms with Crippen LogP contribution in [0.1, 0.15) is 35.7 Å². The molecule has 2 aromatic rings. The van der Waals surface area contributed by atoms with E-state index in [1.807, 2.05) is 0 Å². The summed E-state index contributed by atoms with van der Waals surface area (Å²) in [4.78, 5) is 40.3. The summed E-state index contributed by atoms with van der Waals surface area (Å²) in [6.07, 6.45) is -0.227. The summed E-state index contributed by atoms with van der Waals surface area (Å²) < 4.78 is 6.42. The van der Waals surface area contributed by atoms with Gasteiger partial charge in [-0.1, -0.05) is 6.07 Å². The molecule has 1 amide bonds. The third kappa shape index (κ3) is 5.00. The van der Waals surface area contributed by atoms with Crippen molar-refractivity contribution in [3.63, 3.8) is 0 Å². The Hall–Kier alpha value is -2.96. The second kappa shape index (κ2) is 7.74. The number of benzene rings is 1. The first kappa shape index (κ1) is 18.4. The van der Waals surface area contributed by atoms with Crippen LogP contribution in [-0.2, 0) is 16.1 Å². The van der Waals surface area contributed by atoms with Gasteiger partial charge in [-0.15, -0.1) is 0 Å². The Morgan fingerprint density at radius 1 is 1.24 bits per heavy atom. The molecule has 0 saturated heterocycles. The highest BCUT2D eigenvalue weighted by atomic mass is 16.5. The Bertz CT molecular complexity index is 856. The topological polar surface area (TPSA) is 90.3 Å². The number of nitrogens with one attached hydrogen (secondary N) is 1. The molecule has 0 aliphatic heterocycles. The second-order valence-electron chi connectivity index (χ2n) is 5.95. The van der Waals surface area contributed by atoms with Crippen molar-refractivity contribution in [2.75, 3.05) is 5.32 Å². The minimum absolute atomic E-state index is 0.154. The van der Waals surface area contributed by atoms with E-state index in [0.717, 1.165) is 0 Å². The van der Waals surface area contributed by atoms with Gasteiger partial charge < -0.3 is 10.1 Å². The van der Waals surface area contributed by atoms with E-state index in [2.05, 4.69) is 10.3 Å². The largest absolute Gasteiger partial charge is 0.459 e. The highest BCUT2D eigenvalue weighted by molar-refractivity contribution is 5.94. The third-order valence-electron chi connectivity index (χ3n) is 3.35. The van der Waals surface area contributed by atoms with Crippen LogP contribution >= 0.6 is 0 Å². The number of aromatic nitrogens is 2. The summed E-state index contributed by atoms with van der Waals surface area (Å²) >= 11 is 0. The van der Waals surface area contributed by atoms with Crippen molar-refractivity contribution in [3.8, 4) is 0 Å². The number of carbonyl (C=O) groups is 2. The average molecular weight is 343 g/mol. The van der Waals surface area contributed by atoms with Gasteiger partial charge in [-0.3, -0.25) is 14.2 Å². The average Bonchev–Trinajstić information content (AvgIpc) is 2.50. The molecule has 0 atom stereocenters. The first-order valence-corrected chi connectivity index (χ1v) is 7.92. The molecule has 0 aliphatic rings. The smallest absolute Gasteiger partial charge is 0.338 e. The van der Waals surface area contributed by atoms with Gasteiger partial charge in [0.05, 0.1) is 11.7 Å². The molecular weight excluding hydrogens is 322 g/mol. The van der Waals surface area contributed by atoms with Crippen molar-refractivity contribution in [2.45, 2.75) is 40.3 Å². The molecular formula is C18H21N3O4. The summed E-state index contributed by atoms with van der Waals surface area (Å²) in [6, 6.07) is 7.83. The molecule has 0 saturated carbocycles. The van der Waals surface area contributed by atoms with Crippen LogP contribution in [0.25, 0.3) is 0 Å². The van der Waals surface area contributed by atoms with Crippen molar-refractivity contribution in [3.05, 3.63) is 57.8 Å². The number of esters is 1. The van der Waals surface area contributed by atoms with E-state index in [1.54, 1.807) is 45.9 Å². The predicted molar refractivity (Wildman–Crippen MR) is 93.6 cm³/mol. The van der Waals surface area contributed by atoms with Crippen LogP contribution in [0, 0.1) is 13.8 Å². The van der Waals surface area contributed by atoms with Gasteiger partial charge in [0.2, 0.25) is 5.91 Å². The maximum Gasteiger partial charge on any atom is 0.338 e. The molecule has 7 nitrogen and oxygen atoms in total. The van der Waals surface area contributed by atoms with Crippen LogP contribution in [0.4, 0.5) is 5.69 Å². The molecule has 1 aromatic carbocycles. The van der Waals surface area contributed by atoms with Crippen molar-refractivity contribution in [1.82, 2.24) is 9.55 Å². The molecule has 0 aliphatic carbocycles. The monoisotopic (exact) mass is 343 g/mol. The Kier molecular flexibility index (Phi) is 5.69. The van der Waals surface area contributed by atoms with Crippen LogP contribution in [0.2, 0.25) is 0 Å². The van der Waals surface area contributed by atoms with Gasteiger partial charge in [0, 0.05) is 17.4 Å². The molecule has 0 unspecified atom stereocenters. The normalized spacial score (nSPS) is 10.6. The van der Waals surface area contributed by atoms with E-state index in [0.29, 0.717) is 22.8 Å². The quantitative estimate of drug-likeness (QED) is 0.839.